The van der Waals surface area contributed by atoms with Crippen LogP contribution in [0.15, 0.2) is 30.3 Å². The number of anilines is 1. The van der Waals surface area contributed by atoms with Crippen LogP contribution in [-0.2, 0) is 4.79 Å². The fourth-order valence-electron chi connectivity index (χ4n) is 1.72. The van der Waals surface area contributed by atoms with Crippen molar-refractivity contribution in [1.29, 1.82) is 0 Å². The lowest BCUT2D eigenvalue weighted by molar-refractivity contribution is -0.0980. The number of hydrogen-bond donors (Lipinski definition) is 2. The normalized spacial score (nSPS) is 9.43. The van der Waals surface area contributed by atoms with Crippen LogP contribution in [0.5, 0.6) is 0 Å². The molecule has 1 heterocycles. The third kappa shape index (κ3) is 4.14. The van der Waals surface area contributed by atoms with Crippen molar-refractivity contribution in [3.05, 3.63) is 50.7 Å². The number of aryl methyl sites for hydroxylation is 1. The summed E-state index contributed by atoms with van der Waals surface area (Å²) in [6, 6.07) is 8.42. The molecule has 110 valence electrons. The van der Waals surface area contributed by atoms with E-state index in [1.54, 1.807) is 37.3 Å². The van der Waals surface area contributed by atoms with Gasteiger partial charge in [0.25, 0.3) is 11.8 Å². The molecule has 0 aliphatic heterocycles. The van der Waals surface area contributed by atoms with E-state index in [4.69, 9.17) is 22.1 Å². The Morgan fingerprint density at radius 2 is 1.90 bits per heavy atom. The van der Waals surface area contributed by atoms with Gasteiger partial charge in [0, 0.05) is 0 Å². The van der Waals surface area contributed by atoms with Crippen molar-refractivity contribution >= 4 is 47.2 Å². The molecule has 7 heteroatoms. The molecule has 2 rings (SSSR count). The van der Waals surface area contributed by atoms with Gasteiger partial charge in [-0.15, -0.1) is 11.3 Å². The second-order valence-electron chi connectivity index (χ2n) is 3.92. The summed E-state index contributed by atoms with van der Waals surface area (Å²) in [5, 5.41) is 2.67. The van der Waals surface area contributed by atoms with Gasteiger partial charge in [-0.3, -0.25) is 9.59 Å². The fraction of sp³-hybridized carbons (Fsp3) is 0.0714. The molecule has 0 aliphatic carbocycles. The average molecular weight is 325 g/mol. The van der Waals surface area contributed by atoms with Crippen LogP contribution in [0.2, 0.25) is 4.34 Å². The van der Waals surface area contributed by atoms with E-state index in [9.17, 15) is 9.59 Å². The zero-order valence-corrected chi connectivity index (χ0v) is 12.8. The Morgan fingerprint density at radius 3 is 2.43 bits per heavy atom. The van der Waals surface area contributed by atoms with Gasteiger partial charge in [-0.05, 0) is 30.7 Å². The van der Waals surface area contributed by atoms with Crippen molar-refractivity contribution in [2.75, 3.05) is 5.32 Å². The number of benzene rings is 1. The number of primary amides is 1. The first-order valence-corrected chi connectivity index (χ1v) is 6.93. The summed E-state index contributed by atoms with van der Waals surface area (Å²) in [5.41, 5.74) is 6.77. The molecule has 5 nitrogen and oxygen atoms in total. The number of carbonyl (C=O) groups is 3. The summed E-state index contributed by atoms with van der Waals surface area (Å²) in [7, 11) is 0. The molecule has 3 N–H and O–H groups in total. The Hall–Kier alpha value is -2.18. The topological polar surface area (TPSA) is 89.3 Å². The van der Waals surface area contributed by atoms with Crippen LogP contribution in [-0.4, -0.2) is 18.6 Å². The molecule has 0 saturated carbocycles. The van der Waals surface area contributed by atoms with Gasteiger partial charge >= 0.3 is 0 Å². The minimum absolute atomic E-state index is 0.315. The van der Waals surface area contributed by atoms with Gasteiger partial charge in [-0.25, -0.2) is 0 Å². The van der Waals surface area contributed by atoms with Gasteiger partial charge in [0.05, 0.1) is 20.5 Å². The van der Waals surface area contributed by atoms with E-state index in [0.717, 1.165) is 5.56 Å². The maximum atomic E-state index is 12.0. The van der Waals surface area contributed by atoms with Crippen molar-refractivity contribution in [2.24, 2.45) is 5.73 Å². The quantitative estimate of drug-likeness (QED) is 0.909. The molecular formula is C14H13ClN2O3S. The minimum Gasteiger partial charge on any atom is -0.366 e. The van der Waals surface area contributed by atoms with Gasteiger partial charge in [-0.2, -0.15) is 0 Å². The van der Waals surface area contributed by atoms with Gasteiger partial charge in [0.2, 0.25) is 0 Å². The van der Waals surface area contributed by atoms with Gasteiger partial charge < -0.3 is 15.8 Å². The molecule has 1 aromatic heterocycles. The molecule has 0 saturated heterocycles. The summed E-state index contributed by atoms with van der Waals surface area (Å²) in [6.07, 6.45) is 0. The number of hydrogen-bond acceptors (Lipinski definition) is 4. The smallest absolute Gasteiger partial charge is 0.265 e. The Bertz CT molecular complexity index is 670. The lowest BCUT2D eigenvalue weighted by Gasteiger charge is -2.10. The predicted octanol–water partition coefficient (Wildman–Crippen LogP) is 2.88. The first-order valence-electron chi connectivity index (χ1n) is 5.74. The second kappa shape index (κ2) is 7.56. The van der Waals surface area contributed by atoms with E-state index < -0.39 is 5.91 Å². The molecule has 0 unspecified atom stereocenters. The number of thiophene rings is 1. The van der Waals surface area contributed by atoms with E-state index in [-0.39, 0.29) is 5.91 Å². The molecule has 0 bridgehead atoms. The highest BCUT2D eigenvalue weighted by molar-refractivity contribution is 7.18. The van der Waals surface area contributed by atoms with Gasteiger partial charge in [-0.1, -0.05) is 23.7 Å². The average Bonchev–Trinajstić information content (AvgIpc) is 2.87. The van der Waals surface area contributed by atoms with Crippen LogP contribution in [0.3, 0.4) is 0 Å². The number of rotatable bonds is 3. The van der Waals surface area contributed by atoms with Crippen LogP contribution in [0.25, 0.3) is 0 Å². The predicted molar refractivity (Wildman–Crippen MR) is 84.1 cm³/mol. The van der Waals surface area contributed by atoms with Crippen molar-refractivity contribution < 1.29 is 14.4 Å². The molecule has 21 heavy (non-hydrogen) atoms. The second-order valence-corrected chi connectivity index (χ2v) is 5.63. The minimum atomic E-state index is -0.572. The Kier molecular flexibility index (Phi) is 6.08. The van der Waals surface area contributed by atoms with Gasteiger partial charge in [0.1, 0.15) is 6.79 Å². The molecule has 0 fully saturated rings. The molecule has 0 atom stereocenters. The van der Waals surface area contributed by atoms with Crippen LogP contribution < -0.4 is 11.1 Å². The zero-order chi connectivity index (χ0) is 16.0. The lowest BCUT2D eigenvalue weighted by atomic mass is 10.1. The van der Waals surface area contributed by atoms with Crippen molar-refractivity contribution in [1.82, 2.24) is 0 Å². The Balaban J connectivity index is 0.00000106. The summed E-state index contributed by atoms with van der Waals surface area (Å²) < 4.78 is 0.532. The number of amides is 2. The summed E-state index contributed by atoms with van der Waals surface area (Å²) >= 11 is 6.95. The maximum Gasteiger partial charge on any atom is 0.265 e. The first kappa shape index (κ1) is 16.9. The highest BCUT2D eigenvalue weighted by Gasteiger charge is 2.15. The summed E-state index contributed by atoms with van der Waals surface area (Å²) in [4.78, 5) is 31.9. The molecular weight excluding hydrogens is 312 g/mol. The zero-order valence-electron chi connectivity index (χ0n) is 11.2. The summed E-state index contributed by atoms with van der Waals surface area (Å²) in [6.45, 7) is 3.76. The monoisotopic (exact) mass is 324 g/mol. The molecule has 1 aromatic carbocycles. The number of carbonyl (C=O) groups excluding carboxylic acids is 3. The van der Waals surface area contributed by atoms with E-state index in [1.807, 2.05) is 6.79 Å². The number of halogens is 1. The maximum absolute atomic E-state index is 12.0. The van der Waals surface area contributed by atoms with Crippen LogP contribution in [0, 0.1) is 6.92 Å². The largest absolute Gasteiger partial charge is 0.366 e. The van der Waals surface area contributed by atoms with E-state index in [2.05, 4.69) is 5.32 Å². The number of nitrogens with two attached hydrogens (primary N) is 1. The SMILES string of the molecule is C=O.Cc1cccc(NC(=O)c2ccc(Cl)s2)c1C(N)=O. The highest BCUT2D eigenvalue weighted by Crippen LogP contribution is 2.24. The van der Waals surface area contributed by atoms with E-state index in [0.29, 0.717) is 20.5 Å². The van der Waals surface area contributed by atoms with Crippen molar-refractivity contribution in [3.63, 3.8) is 0 Å². The number of nitrogens with one attached hydrogen (secondary N) is 1. The molecule has 0 radical (unpaired) electrons. The summed E-state index contributed by atoms with van der Waals surface area (Å²) in [5.74, 6) is -0.886. The van der Waals surface area contributed by atoms with Crippen LogP contribution in [0.4, 0.5) is 5.69 Å². The van der Waals surface area contributed by atoms with Crippen molar-refractivity contribution in [3.8, 4) is 0 Å². The van der Waals surface area contributed by atoms with Crippen LogP contribution in [0.1, 0.15) is 25.6 Å². The molecule has 2 aromatic rings. The lowest BCUT2D eigenvalue weighted by Crippen LogP contribution is -2.18. The third-order valence-corrected chi connectivity index (χ3v) is 3.79. The van der Waals surface area contributed by atoms with E-state index >= 15 is 0 Å². The fourth-order valence-corrected chi connectivity index (χ4v) is 2.66. The molecule has 2 amide bonds. The van der Waals surface area contributed by atoms with Crippen molar-refractivity contribution in [2.45, 2.75) is 6.92 Å². The Morgan fingerprint density at radius 1 is 1.24 bits per heavy atom. The molecule has 0 spiro atoms. The standard InChI is InChI=1S/C13H11ClN2O2S.CH2O/c1-7-3-2-4-8(11(7)12(15)17)16-13(18)9-5-6-10(14)19-9;1-2/h2-6H,1H3,(H2,15,17)(H,16,18);1H2. The van der Waals surface area contributed by atoms with Crippen LogP contribution >= 0.6 is 22.9 Å². The molecule has 0 aliphatic rings. The van der Waals surface area contributed by atoms with Gasteiger partial charge in [0.15, 0.2) is 0 Å². The highest BCUT2D eigenvalue weighted by atomic mass is 35.5. The Labute approximate surface area is 130 Å². The third-order valence-electron chi connectivity index (χ3n) is 2.56. The van der Waals surface area contributed by atoms with E-state index in [1.165, 1.54) is 11.3 Å². The first-order chi connectivity index (χ1) is 9.99.